The zero-order chi connectivity index (χ0) is 13.1. The van der Waals surface area contributed by atoms with E-state index < -0.39 is 0 Å². The molecule has 1 aliphatic rings. The topological polar surface area (TPSA) is 64.3 Å². The van der Waals surface area contributed by atoms with Crippen LogP contribution in [0.15, 0.2) is 22.7 Å². The predicted octanol–water partition coefficient (Wildman–Crippen LogP) is 2.06. The van der Waals surface area contributed by atoms with E-state index in [9.17, 15) is 4.79 Å². The predicted molar refractivity (Wildman–Crippen MR) is 77.6 cm³/mol. The van der Waals surface area contributed by atoms with E-state index in [2.05, 4.69) is 21.2 Å². The molecule has 0 aliphatic carbocycles. The van der Waals surface area contributed by atoms with Gasteiger partial charge in [0.2, 0.25) is 5.91 Å². The van der Waals surface area contributed by atoms with Crippen LogP contribution in [-0.2, 0) is 9.53 Å². The summed E-state index contributed by atoms with van der Waals surface area (Å²) in [4.78, 5) is 12.2. The van der Waals surface area contributed by atoms with Crippen LogP contribution in [0.4, 0.5) is 5.69 Å². The van der Waals surface area contributed by atoms with Crippen molar-refractivity contribution in [3.63, 3.8) is 0 Å². The zero-order valence-electron chi connectivity index (χ0n) is 9.61. The molecule has 1 aromatic rings. The molecule has 6 heteroatoms. The average Bonchev–Trinajstić information content (AvgIpc) is 2.84. The SMILES string of the molecule is NC(=S)c1cc(Br)ccc1NC(=O)C1CCOC1. The Morgan fingerprint density at radius 2 is 2.33 bits per heavy atom. The minimum atomic E-state index is -0.0900. The number of halogens is 1. The molecule has 1 saturated heterocycles. The Kier molecular flexibility index (Phi) is 4.31. The van der Waals surface area contributed by atoms with E-state index >= 15 is 0 Å². The quantitative estimate of drug-likeness (QED) is 0.833. The minimum absolute atomic E-state index is 0.0488. The maximum atomic E-state index is 12.0. The zero-order valence-corrected chi connectivity index (χ0v) is 12.0. The van der Waals surface area contributed by atoms with Crippen LogP contribution in [0.1, 0.15) is 12.0 Å². The van der Waals surface area contributed by atoms with Crippen molar-refractivity contribution in [3.05, 3.63) is 28.2 Å². The van der Waals surface area contributed by atoms with Gasteiger partial charge in [-0.3, -0.25) is 4.79 Å². The van der Waals surface area contributed by atoms with Crippen molar-refractivity contribution in [2.24, 2.45) is 11.7 Å². The van der Waals surface area contributed by atoms with Gasteiger partial charge in [0.05, 0.1) is 18.2 Å². The third-order valence-electron chi connectivity index (χ3n) is 2.81. The number of thiocarbonyl (C=S) groups is 1. The lowest BCUT2D eigenvalue weighted by molar-refractivity contribution is -0.119. The normalized spacial score (nSPS) is 18.6. The molecular formula is C12H13BrN2O2S. The fraction of sp³-hybridized carbons (Fsp3) is 0.333. The molecular weight excluding hydrogens is 316 g/mol. The Morgan fingerprint density at radius 3 is 2.94 bits per heavy atom. The first-order valence-electron chi connectivity index (χ1n) is 5.56. The van der Waals surface area contributed by atoms with Gasteiger partial charge in [-0.05, 0) is 24.6 Å². The van der Waals surface area contributed by atoms with E-state index in [4.69, 9.17) is 22.7 Å². The van der Waals surface area contributed by atoms with Gasteiger partial charge in [0.15, 0.2) is 0 Å². The first-order chi connectivity index (χ1) is 8.58. The molecule has 2 rings (SSSR count). The van der Waals surface area contributed by atoms with Crippen LogP contribution in [0.2, 0.25) is 0 Å². The molecule has 0 bridgehead atoms. The minimum Gasteiger partial charge on any atom is -0.389 e. The smallest absolute Gasteiger partial charge is 0.229 e. The van der Waals surface area contributed by atoms with E-state index in [1.165, 1.54) is 0 Å². The van der Waals surface area contributed by atoms with Crippen LogP contribution in [0.5, 0.6) is 0 Å². The van der Waals surface area contributed by atoms with Crippen LogP contribution in [-0.4, -0.2) is 24.1 Å². The van der Waals surface area contributed by atoms with E-state index in [0.29, 0.717) is 24.5 Å². The van der Waals surface area contributed by atoms with Crippen molar-refractivity contribution in [2.45, 2.75) is 6.42 Å². The largest absolute Gasteiger partial charge is 0.389 e. The number of benzene rings is 1. The summed E-state index contributed by atoms with van der Waals surface area (Å²) >= 11 is 8.33. The molecule has 0 radical (unpaired) electrons. The molecule has 1 aliphatic heterocycles. The summed E-state index contributed by atoms with van der Waals surface area (Å²) in [5, 5.41) is 2.85. The van der Waals surface area contributed by atoms with Gasteiger partial charge in [-0.1, -0.05) is 28.1 Å². The third kappa shape index (κ3) is 3.07. The fourth-order valence-corrected chi connectivity index (χ4v) is 2.34. The third-order valence-corrected chi connectivity index (χ3v) is 3.52. The number of anilines is 1. The van der Waals surface area contributed by atoms with E-state index in [-0.39, 0.29) is 16.8 Å². The van der Waals surface area contributed by atoms with Crippen molar-refractivity contribution >= 4 is 44.7 Å². The number of ether oxygens (including phenoxy) is 1. The summed E-state index contributed by atoms with van der Waals surface area (Å²) in [6, 6.07) is 5.41. The maximum absolute atomic E-state index is 12.0. The Bertz CT molecular complexity index is 487. The van der Waals surface area contributed by atoms with Gasteiger partial charge in [-0.2, -0.15) is 0 Å². The monoisotopic (exact) mass is 328 g/mol. The summed E-state index contributed by atoms with van der Waals surface area (Å²) in [6.07, 6.45) is 0.755. The first-order valence-corrected chi connectivity index (χ1v) is 6.76. The van der Waals surface area contributed by atoms with E-state index in [0.717, 1.165) is 10.9 Å². The molecule has 0 aromatic heterocycles. The number of carbonyl (C=O) groups excluding carboxylic acids is 1. The van der Waals surface area contributed by atoms with Gasteiger partial charge < -0.3 is 15.8 Å². The maximum Gasteiger partial charge on any atom is 0.229 e. The Morgan fingerprint density at radius 1 is 1.56 bits per heavy atom. The summed E-state index contributed by atoms with van der Waals surface area (Å²) < 4.78 is 6.06. The molecule has 0 saturated carbocycles. The van der Waals surface area contributed by atoms with Crippen LogP contribution < -0.4 is 11.1 Å². The lowest BCUT2D eigenvalue weighted by Crippen LogP contribution is -2.24. The van der Waals surface area contributed by atoms with Crippen LogP contribution in [0.3, 0.4) is 0 Å². The van der Waals surface area contributed by atoms with Gasteiger partial charge in [0.1, 0.15) is 4.99 Å². The number of amides is 1. The molecule has 1 aromatic carbocycles. The number of hydrogen-bond acceptors (Lipinski definition) is 3. The highest BCUT2D eigenvalue weighted by atomic mass is 79.9. The highest BCUT2D eigenvalue weighted by molar-refractivity contribution is 9.10. The van der Waals surface area contributed by atoms with E-state index in [1.807, 2.05) is 6.07 Å². The summed E-state index contributed by atoms with van der Waals surface area (Å²) in [5.41, 5.74) is 6.95. The van der Waals surface area contributed by atoms with Crippen molar-refractivity contribution in [1.29, 1.82) is 0 Å². The lowest BCUT2D eigenvalue weighted by atomic mass is 10.1. The van der Waals surface area contributed by atoms with Crippen molar-refractivity contribution in [1.82, 2.24) is 0 Å². The van der Waals surface area contributed by atoms with Gasteiger partial charge in [0, 0.05) is 16.6 Å². The summed E-state index contributed by atoms with van der Waals surface area (Å²) in [6.45, 7) is 1.12. The second kappa shape index (κ2) is 5.77. The second-order valence-electron chi connectivity index (χ2n) is 4.10. The number of carbonyl (C=O) groups is 1. The van der Waals surface area contributed by atoms with Gasteiger partial charge in [-0.25, -0.2) is 0 Å². The molecule has 1 fully saturated rings. The van der Waals surface area contributed by atoms with Crippen molar-refractivity contribution in [2.75, 3.05) is 18.5 Å². The van der Waals surface area contributed by atoms with Crippen molar-refractivity contribution in [3.8, 4) is 0 Å². The lowest BCUT2D eigenvalue weighted by Gasteiger charge is -2.13. The highest BCUT2D eigenvalue weighted by Gasteiger charge is 2.24. The van der Waals surface area contributed by atoms with Gasteiger partial charge in [0.25, 0.3) is 0 Å². The Hall–Kier alpha value is -0.980. The second-order valence-corrected chi connectivity index (χ2v) is 5.46. The molecule has 18 heavy (non-hydrogen) atoms. The molecule has 96 valence electrons. The molecule has 3 N–H and O–H groups in total. The van der Waals surface area contributed by atoms with Crippen LogP contribution in [0, 0.1) is 5.92 Å². The Labute approximate surface area is 119 Å². The van der Waals surface area contributed by atoms with Crippen LogP contribution >= 0.6 is 28.1 Å². The summed E-state index contributed by atoms with van der Waals surface area (Å²) in [7, 11) is 0. The Balaban J connectivity index is 2.17. The first kappa shape index (κ1) is 13.5. The summed E-state index contributed by atoms with van der Waals surface area (Å²) in [5.74, 6) is -0.139. The molecule has 1 amide bonds. The molecule has 1 heterocycles. The number of nitrogens with one attached hydrogen (secondary N) is 1. The van der Waals surface area contributed by atoms with Crippen molar-refractivity contribution < 1.29 is 9.53 Å². The van der Waals surface area contributed by atoms with E-state index in [1.54, 1.807) is 12.1 Å². The number of nitrogens with two attached hydrogens (primary N) is 1. The fourth-order valence-electron chi connectivity index (χ4n) is 1.81. The number of hydrogen-bond donors (Lipinski definition) is 2. The molecule has 0 spiro atoms. The molecule has 1 atom stereocenters. The van der Waals surface area contributed by atoms with Gasteiger partial charge in [-0.15, -0.1) is 0 Å². The van der Waals surface area contributed by atoms with Crippen LogP contribution in [0.25, 0.3) is 0 Å². The molecule has 4 nitrogen and oxygen atoms in total. The standard InChI is InChI=1S/C12H13BrN2O2S/c13-8-1-2-10(9(5-8)11(14)18)15-12(16)7-3-4-17-6-7/h1-2,5,7H,3-4,6H2,(H2,14,18)(H,15,16). The molecule has 1 unspecified atom stereocenters. The van der Waals surface area contributed by atoms with Gasteiger partial charge >= 0.3 is 0 Å². The number of rotatable bonds is 3. The highest BCUT2D eigenvalue weighted by Crippen LogP contribution is 2.23. The average molecular weight is 329 g/mol.